The largest absolute Gasteiger partial charge is 0.416 e. The summed E-state index contributed by atoms with van der Waals surface area (Å²) in [7, 11) is -6.98. The summed E-state index contributed by atoms with van der Waals surface area (Å²) in [6.07, 6.45) is 0.718. The number of fused-ring (bicyclic) bond motifs is 2. The molecule has 2 heterocycles. The van der Waals surface area contributed by atoms with Gasteiger partial charge in [0.1, 0.15) is 5.82 Å². The lowest BCUT2D eigenvalue weighted by atomic mass is 10.2. The number of rotatable bonds is 12. The number of hydrogen-bond acceptors (Lipinski definition) is 6. The molecule has 0 saturated carbocycles. The fraction of sp³-hybridized carbons (Fsp3) is 0.345. The first kappa shape index (κ1) is 36.7. The first-order valence-corrected chi connectivity index (χ1v) is 18.1. The average Bonchev–Trinajstić information content (AvgIpc) is 3.39. The third kappa shape index (κ3) is 8.66. The van der Waals surface area contributed by atoms with Crippen LogP contribution in [0.15, 0.2) is 60.2 Å². The number of anilines is 2. The van der Waals surface area contributed by atoms with Gasteiger partial charge < -0.3 is 9.80 Å². The van der Waals surface area contributed by atoms with E-state index in [2.05, 4.69) is 0 Å². The van der Waals surface area contributed by atoms with Crippen LogP contribution in [0.2, 0.25) is 10.0 Å². The van der Waals surface area contributed by atoms with Crippen LogP contribution in [0.1, 0.15) is 31.2 Å². The Balaban J connectivity index is 1.72. The maximum atomic E-state index is 16.0. The van der Waals surface area contributed by atoms with Crippen LogP contribution >= 0.6 is 23.2 Å². The molecule has 0 aliphatic carbocycles. The lowest BCUT2D eigenvalue weighted by Crippen LogP contribution is -2.31. The Morgan fingerprint density at radius 3 is 2.04 bits per heavy atom. The highest BCUT2D eigenvalue weighted by atomic mass is 35.5. The summed E-state index contributed by atoms with van der Waals surface area (Å²) in [5.41, 5.74) is 0.703. The second kappa shape index (κ2) is 14.1. The molecule has 2 aromatic carbocycles. The fourth-order valence-corrected chi connectivity index (χ4v) is 6.67. The van der Waals surface area contributed by atoms with Gasteiger partial charge in [-0.2, -0.15) is 30.0 Å². The van der Waals surface area contributed by atoms with Crippen molar-refractivity contribution < 1.29 is 48.1 Å². The summed E-state index contributed by atoms with van der Waals surface area (Å²) in [4.78, 5) is 3.15. The minimum atomic E-state index is -4.62. The number of allylic oxidation sites excluding steroid dienone is 4. The predicted octanol–water partition coefficient (Wildman–Crippen LogP) is 6.40. The van der Waals surface area contributed by atoms with E-state index < -0.39 is 49.3 Å². The van der Waals surface area contributed by atoms with Crippen LogP contribution in [0.5, 0.6) is 0 Å². The van der Waals surface area contributed by atoms with E-state index in [0.717, 1.165) is 18.2 Å². The van der Waals surface area contributed by atoms with Gasteiger partial charge in [-0.3, -0.25) is 9.11 Å². The van der Waals surface area contributed by atoms with Gasteiger partial charge in [0.05, 0.1) is 52.1 Å². The molecule has 0 spiro atoms. The minimum Gasteiger partial charge on any atom is -0.324 e. The van der Waals surface area contributed by atoms with Crippen LogP contribution in [0.3, 0.4) is 0 Å². The van der Waals surface area contributed by atoms with E-state index in [1.165, 1.54) is 39.8 Å². The molecule has 0 radical (unpaired) electrons. The average molecular weight is 743 g/mol. The molecule has 0 saturated heterocycles. The maximum Gasteiger partial charge on any atom is 0.416 e. The Labute approximate surface area is 279 Å². The quantitative estimate of drug-likeness (QED) is 0.0947. The molecule has 1 aliphatic rings. The third-order valence-electron chi connectivity index (χ3n) is 7.38. The predicted molar refractivity (Wildman–Crippen MR) is 173 cm³/mol. The summed E-state index contributed by atoms with van der Waals surface area (Å²) >= 11 is 12.5. The summed E-state index contributed by atoms with van der Waals surface area (Å²) in [6, 6.07) is 6.27. The molecule has 3 aromatic rings. The topological polar surface area (TPSA) is 124 Å². The molecule has 1 aromatic heterocycles. The summed E-state index contributed by atoms with van der Waals surface area (Å²) in [6.45, 7) is 2.03. The molecule has 18 heteroatoms. The van der Waals surface area contributed by atoms with E-state index in [0.29, 0.717) is 29.3 Å². The van der Waals surface area contributed by atoms with Gasteiger partial charge in [0.25, 0.3) is 26.1 Å². The molecule has 2 N–H and O–H groups in total. The highest BCUT2D eigenvalue weighted by Gasteiger charge is 2.35. The molecule has 0 bridgehead atoms. The normalized spacial score (nSPS) is 15.5. The first-order valence-electron chi connectivity index (χ1n) is 14.1. The van der Waals surface area contributed by atoms with Crippen LogP contribution in [0.4, 0.5) is 28.9 Å². The molecule has 1 aliphatic heterocycles. The summed E-state index contributed by atoms with van der Waals surface area (Å²) in [5.74, 6) is -1.44. The molecule has 0 atom stereocenters. The van der Waals surface area contributed by atoms with Crippen molar-refractivity contribution in [2.24, 2.45) is 7.05 Å². The number of aryl methyl sites for hydroxylation is 2. The smallest absolute Gasteiger partial charge is 0.324 e. The van der Waals surface area contributed by atoms with Crippen LogP contribution in [-0.4, -0.2) is 55.1 Å². The van der Waals surface area contributed by atoms with Crippen LogP contribution < -0.4 is 14.4 Å². The Morgan fingerprint density at radius 1 is 0.915 bits per heavy atom. The number of halogens is 6. The summed E-state index contributed by atoms with van der Waals surface area (Å²) < 4.78 is 123. The highest BCUT2D eigenvalue weighted by Crippen LogP contribution is 2.46. The van der Waals surface area contributed by atoms with Crippen molar-refractivity contribution in [3.05, 3.63) is 81.6 Å². The van der Waals surface area contributed by atoms with Gasteiger partial charge in [-0.1, -0.05) is 35.4 Å². The van der Waals surface area contributed by atoms with Crippen LogP contribution in [0, 0.1) is 0 Å². The van der Waals surface area contributed by atoms with Crippen LogP contribution in [-0.2, 0) is 40.0 Å². The van der Waals surface area contributed by atoms with E-state index in [-0.39, 0.29) is 47.3 Å². The first-order chi connectivity index (χ1) is 21.8. The van der Waals surface area contributed by atoms with Gasteiger partial charge in [-0.15, -0.1) is 0 Å². The van der Waals surface area contributed by atoms with Crippen molar-refractivity contribution in [2.75, 3.05) is 34.4 Å². The number of hydrogen-bond donors (Lipinski definition) is 2. The SMILES string of the molecule is CCN1/C(=C(F)/C=C\C=C\c2n(CCCS(=O)(=O)O)c3cc(C(F)(F)F)ccc3[n+]2C)N(CCCS(=O)(=O)O)c2cc(Cl)c(Cl)cc21. The van der Waals surface area contributed by atoms with E-state index in [1.807, 2.05) is 0 Å². The van der Waals surface area contributed by atoms with Crippen molar-refractivity contribution in [2.45, 2.75) is 32.5 Å². The van der Waals surface area contributed by atoms with E-state index in [9.17, 15) is 34.6 Å². The van der Waals surface area contributed by atoms with E-state index in [1.54, 1.807) is 29.5 Å². The van der Waals surface area contributed by atoms with Gasteiger partial charge in [-0.05, 0) is 43.7 Å². The Morgan fingerprint density at radius 2 is 1.49 bits per heavy atom. The number of aromatic nitrogens is 2. The minimum absolute atomic E-state index is 0.00704. The zero-order valence-electron chi connectivity index (χ0n) is 25.0. The zero-order chi connectivity index (χ0) is 34.9. The molecular formula is C29H31Cl2F4N4O6S2+. The molecule has 256 valence electrons. The Hall–Kier alpha value is -3.15. The Kier molecular flexibility index (Phi) is 11.0. The monoisotopic (exact) mass is 741 g/mol. The number of nitrogens with zero attached hydrogens (tertiary/aromatic N) is 4. The third-order valence-corrected chi connectivity index (χ3v) is 9.71. The molecular weight excluding hydrogens is 711 g/mol. The fourth-order valence-electron chi connectivity index (χ4n) is 5.37. The molecule has 10 nitrogen and oxygen atoms in total. The van der Waals surface area contributed by atoms with Crippen molar-refractivity contribution in [1.82, 2.24) is 4.57 Å². The van der Waals surface area contributed by atoms with Gasteiger partial charge in [0.2, 0.25) is 0 Å². The van der Waals surface area contributed by atoms with Gasteiger partial charge in [-0.25, -0.2) is 13.5 Å². The molecule has 0 unspecified atom stereocenters. The second-order valence-corrected chi connectivity index (χ2v) is 14.5. The number of alkyl halides is 3. The standard InChI is InChI=1S/C29H30Cl2F4N4O6S2/c1-3-37-25-17-20(30)21(31)18-26(25)39(13-7-15-47(43,44)45)28(37)22(32)8-4-5-9-27-36(2)23-11-10-19(29(33,34)35)16-24(23)38(27)12-6-14-46(40,41)42/h4-5,8-11,16-18H,3,6-7,12-15H2,1-2H3,(H-,40,41,42,43,44,45)/p+1. The molecule has 0 amide bonds. The zero-order valence-corrected chi connectivity index (χ0v) is 28.2. The van der Waals surface area contributed by atoms with Crippen molar-refractivity contribution >= 4 is 71.9 Å². The lowest BCUT2D eigenvalue weighted by molar-refractivity contribution is -0.647. The van der Waals surface area contributed by atoms with Gasteiger partial charge in [0, 0.05) is 31.7 Å². The summed E-state index contributed by atoms with van der Waals surface area (Å²) in [5, 5.41) is 0.424. The lowest BCUT2D eigenvalue weighted by Gasteiger charge is -2.24. The van der Waals surface area contributed by atoms with Crippen molar-refractivity contribution in [3.8, 4) is 0 Å². The van der Waals surface area contributed by atoms with E-state index in [4.69, 9.17) is 27.8 Å². The van der Waals surface area contributed by atoms with Crippen LogP contribution in [0.25, 0.3) is 17.1 Å². The van der Waals surface area contributed by atoms with Gasteiger partial charge >= 0.3 is 6.18 Å². The number of benzene rings is 2. The van der Waals surface area contributed by atoms with E-state index >= 15 is 4.39 Å². The highest BCUT2D eigenvalue weighted by molar-refractivity contribution is 7.86. The van der Waals surface area contributed by atoms with Crippen molar-refractivity contribution in [3.63, 3.8) is 0 Å². The molecule has 4 rings (SSSR count). The second-order valence-electron chi connectivity index (χ2n) is 10.6. The number of imidazole rings is 1. The maximum absolute atomic E-state index is 16.0. The molecule has 47 heavy (non-hydrogen) atoms. The van der Waals surface area contributed by atoms with Gasteiger partial charge in [0.15, 0.2) is 16.9 Å². The van der Waals surface area contributed by atoms with Crippen molar-refractivity contribution in [1.29, 1.82) is 0 Å². The molecule has 0 fully saturated rings. The Bertz CT molecular complexity index is 2000.